The van der Waals surface area contributed by atoms with Gasteiger partial charge in [0.25, 0.3) is 0 Å². The van der Waals surface area contributed by atoms with Gasteiger partial charge in [0.05, 0.1) is 0 Å². The second kappa shape index (κ2) is 6.39. The third-order valence-corrected chi connectivity index (χ3v) is 4.74. The molecule has 0 radical (unpaired) electrons. The van der Waals surface area contributed by atoms with E-state index in [2.05, 4.69) is 4.90 Å². The zero-order valence-electron chi connectivity index (χ0n) is 11.2. The molecule has 6 heteroatoms. The second-order valence-electron chi connectivity index (χ2n) is 5.33. The number of esters is 1. The standard InChI is InChI=1S/C13H21F2NO2S/c1-13(14,15)12(17)18-11-5-3-2-4-10(11)16-6-8-19-9-7-16/h10-11H,2-9H2,1H3. The maximum atomic E-state index is 12.9. The number of hydrogen-bond acceptors (Lipinski definition) is 4. The van der Waals surface area contributed by atoms with E-state index in [0.29, 0.717) is 13.3 Å². The van der Waals surface area contributed by atoms with E-state index in [9.17, 15) is 13.6 Å². The molecule has 19 heavy (non-hydrogen) atoms. The molecule has 2 aliphatic rings. The monoisotopic (exact) mass is 293 g/mol. The van der Waals surface area contributed by atoms with E-state index in [0.717, 1.165) is 43.9 Å². The van der Waals surface area contributed by atoms with E-state index >= 15 is 0 Å². The molecule has 0 aromatic carbocycles. The molecule has 0 N–H and O–H groups in total. The summed E-state index contributed by atoms with van der Waals surface area (Å²) in [6.45, 7) is 2.53. The summed E-state index contributed by atoms with van der Waals surface area (Å²) in [6.07, 6.45) is 3.32. The maximum Gasteiger partial charge on any atom is 0.376 e. The van der Waals surface area contributed by atoms with Crippen molar-refractivity contribution in [3.05, 3.63) is 0 Å². The average Bonchev–Trinajstić information content (AvgIpc) is 2.39. The minimum absolute atomic E-state index is 0.126. The number of hydrogen-bond donors (Lipinski definition) is 0. The third-order valence-electron chi connectivity index (χ3n) is 3.80. The van der Waals surface area contributed by atoms with E-state index in [1.54, 1.807) is 0 Å². The average molecular weight is 293 g/mol. The van der Waals surface area contributed by atoms with Crippen molar-refractivity contribution in [1.29, 1.82) is 0 Å². The molecule has 2 rings (SSSR count). The Balaban J connectivity index is 1.97. The van der Waals surface area contributed by atoms with Gasteiger partial charge in [-0.15, -0.1) is 0 Å². The van der Waals surface area contributed by atoms with E-state index in [4.69, 9.17) is 4.74 Å². The Labute approximate surface area is 117 Å². The number of ether oxygens (including phenoxy) is 1. The maximum absolute atomic E-state index is 12.9. The fraction of sp³-hybridized carbons (Fsp3) is 0.923. The highest BCUT2D eigenvalue weighted by atomic mass is 32.2. The minimum atomic E-state index is -3.39. The summed E-state index contributed by atoms with van der Waals surface area (Å²) in [7, 11) is 0. The molecular weight excluding hydrogens is 272 g/mol. The predicted octanol–water partition coefficient (Wildman–Crippen LogP) is 2.54. The first kappa shape index (κ1) is 15.0. The molecular formula is C13H21F2NO2S. The van der Waals surface area contributed by atoms with Crippen molar-refractivity contribution in [2.24, 2.45) is 0 Å². The van der Waals surface area contributed by atoms with Gasteiger partial charge in [-0.1, -0.05) is 6.42 Å². The van der Waals surface area contributed by atoms with Gasteiger partial charge in [0.15, 0.2) is 0 Å². The van der Waals surface area contributed by atoms with E-state index in [-0.39, 0.29) is 12.1 Å². The molecule has 1 heterocycles. The van der Waals surface area contributed by atoms with Crippen molar-refractivity contribution >= 4 is 17.7 Å². The van der Waals surface area contributed by atoms with Crippen molar-refractivity contribution in [3.63, 3.8) is 0 Å². The number of nitrogens with zero attached hydrogens (tertiary/aromatic N) is 1. The highest BCUT2D eigenvalue weighted by Crippen LogP contribution is 2.29. The van der Waals surface area contributed by atoms with Crippen LogP contribution in [0.2, 0.25) is 0 Å². The van der Waals surface area contributed by atoms with E-state index < -0.39 is 11.9 Å². The lowest BCUT2D eigenvalue weighted by molar-refractivity contribution is -0.180. The molecule has 0 bridgehead atoms. The van der Waals surface area contributed by atoms with Crippen LogP contribution < -0.4 is 0 Å². The normalized spacial score (nSPS) is 30.1. The first-order valence-corrected chi connectivity index (χ1v) is 8.04. The largest absolute Gasteiger partial charge is 0.456 e. The van der Waals surface area contributed by atoms with Gasteiger partial charge < -0.3 is 4.74 Å². The minimum Gasteiger partial charge on any atom is -0.456 e. The zero-order chi connectivity index (χ0) is 13.9. The van der Waals surface area contributed by atoms with Gasteiger partial charge in [-0.25, -0.2) is 4.79 Å². The van der Waals surface area contributed by atoms with Gasteiger partial charge in [-0.05, 0) is 19.3 Å². The molecule has 2 unspecified atom stereocenters. The van der Waals surface area contributed by atoms with Crippen LogP contribution in [0, 0.1) is 0 Å². The molecule has 1 aliphatic heterocycles. The van der Waals surface area contributed by atoms with Crippen molar-refractivity contribution < 1.29 is 18.3 Å². The van der Waals surface area contributed by atoms with Crippen LogP contribution in [0.1, 0.15) is 32.6 Å². The first-order chi connectivity index (χ1) is 8.98. The third kappa shape index (κ3) is 4.05. The number of carbonyl (C=O) groups excluding carboxylic acids is 1. The SMILES string of the molecule is CC(F)(F)C(=O)OC1CCCCC1N1CCSCC1. The highest BCUT2D eigenvalue weighted by Gasteiger charge is 2.40. The van der Waals surface area contributed by atoms with Crippen LogP contribution in [0.15, 0.2) is 0 Å². The van der Waals surface area contributed by atoms with Crippen LogP contribution in [0.5, 0.6) is 0 Å². The van der Waals surface area contributed by atoms with Gasteiger partial charge >= 0.3 is 11.9 Å². The molecule has 110 valence electrons. The summed E-state index contributed by atoms with van der Waals surface area (Å²) >= 11 is 1.91. The van der Waals surface area contributed by atoms with Gasteiger partial charge in [0.1, 0.15) is 6.10 Å². The molecule has 2 atom stereocenters. The molecule has 0 spiro atoms. The fourth-order valence-corrected chi connectivity index (χ4v) is 3.71. The predicted molar refractivity (Wildman–Crippen MR) is 71.7 cm³/mol. The van der Waals surface area contributed by atoms with Crippen molar-refractivity contribution in [2.75, 3.05) is 24.6 Å². The Morgan fingerprint density at radius 1 is 1.26 bits per heavy atom. The Morgan fingerprint density at radius 2 is 1.89 bits per heavy atom. The van der Waals surface area contributed by atoms with E-state index in [1.807, 2.05) is 11.8 Å². The summed E-state index contributed by atoms with van der Waals surface area (Å²) in [5.74, 6) is -2.63. The molecule has 0 aromatic rings. The fourth-order valence-electron chi connectivity index (χ4n) is 2.78. The highest BCUT2D eigenvalue weighted by molar-refractivity contribution is 7.99. The second-order valence-corrected chi connectivity index (χ2v) is 6.56. The lowest BCUT2D eigenvalue weighted by Gasteiger charge is -2.41. The molecule has 0 amide bonds. The van der Waals surface area contributed by atoms with E-state index in [1.165, 1.54) is 0 Å². The number of halogens is 2. The molecule has 0 aromatic heterocycles. The summed E-state index contributed by atoms with van der Waals surface area (Å²) < 4.78 is 31.0. The smallest absolute Gasteiger partial charge is 0.376 e. The van der Waals surface area contributed by atoms with Crippen molar-refractivity contribution in [1.82, 2.24) is 4.90 Å². The van der Waals surface area contributed by atoms with Gasteiger partial charge in [-0.3, -0.25) is 4.90 Å². The Kier molecular flexibility index (Phi) is 5.06. The quantitative estimate of drug-likeness (QED) is 0.748. The summed E-state index contributed by atoms with van der Waals surface area (Å²) in [6, 6.07) is 0.126. The Hall–Kier alpha value is -0.360. The number of rotatable bonds is 3. The lowest BCUT2D eigenvalue weighted by atomic mass is 9.91. The molecule has 3 nitrogen and oxygen atoms in total. The molecule has 1 aliphatic carbocycles. The molecule has 2 fully saturated rings. The van der Waals surface area contributed by atoms with Crippen LogP contribution in [-0.4, -0.2) is 53.5 Å². The van der Waals surface area contributed by atoms with Crippen LogP contribution in [0.4, 0.5) is 8.78 Å². The van der Waals surface area contributed by atoms with Gasteiger partial charge in [0.2, 0.25) is 0 Å². The first-order valence-electron chi connectivity index (χ1n) is 6.89. The Bertz CT molecular complexity index is 316. The number of thioether (sulfide) groups is 1. The van der Waals surface area contributed by atoms with Crippen molar-refractivity contribution in [3.8, 4) is 0 Å². The summed E-state index contributed by atoms with van der Waals surface area (Å²) in [5.41, 5.74) is 0. The van der Waals surface area contributed by atoms with Gasteiger partial charge in [-0.2, -0.15) is 20.5 Å². The van der Waals surface area contributed by atoms with Crippen LogP contribution in [-0.2, 0) is 9.53 Å². The van der Waals surface area contributed by atoms with Crippen LogP contribution >= 0.6 is 11.8 Å². The molecule has 1 saturated carbocycles. The zero-order valence-corrected chi connectivity index (χ0v) is 12.1. The summed E-state index contributed by atoms with van der Waals surface area (Å²) in [5, 5.41) is 0. The number of carbonyl (C=O) groups is 1. The number of alkyl halides is 2. The lowest BCUT2D eigenvalue weighted by Crippen LogP contribution is -2.51. The molecule has 1 saturated heterocycles. The summed E-state index contributed by atoms with van der Waals surface area (Å²) in [4.78, 5) is 13.7. The van der Waals surface area contributed by atoms with Crippen LogP contribution in [0.3, 0.4) is 0 Å². The van der Waals surface area contributed by atoms with Gasteiger partial charge in [0, 0.05) is 37.6 Å². The Morgan fingerprint density at radius 3 is 2.53 bits per heavy atom. The van der Waals surface area contributed by atoms with Crippen molar-refractivity contribution in [2.45, 2.75) is 50.7 Å². The topological polar surface area (TPSA) is 29.5 Å². The van der Waals surface area contributed by atoms with Crippen LogP contribution in [0.25, 0.3) is 0 Å².